The van der Waals surface area contributed by atoms with Crippen LogP contribution in [0.15, 0.2) is 47.0 Å². The van der Waals surface area contributed by atoms with Crippen LogP contribution in [0.3, 0.4) is 0 Å². The molecule has 0 radical (unpaired) electrons. The standard InChI is InChI=1S/C13H12N4O/c14-12-6-5-9(7-15-12)8-16-13-17-10-3-1-2-4-11(10)18-13/h1-7H,8H2,(H2,14,15)(H,16,17). The number of nitrogen functional groups attached to an aromatic ring is 1. The Morgan fingerprint density at radius 2 is 2.06 bits per heavy atom. The molecule has 0 amide bonds. The number of pyridine rings is 1. The topological polar surface area (TPSA) is 77.0 Å². The first-order valence-electron chi connectivity index (χ1n) is 5.61. The highest BCUT2D eigenvalue weighted by atomic mass is 16.4. The number of anilines is 2. The molecule has 0 aliphatic carbocycles. The highest BCUT2D eigenvalue weighted by molar-refractivity contribution is 5.74. The van der Waals surface area contributed by atoms with Crippen molar-refractivity contribution >= 4 is 22.9 Å². The summed E-state index contributed by atoms with van der Waals surface area (Å²) in [5.74, 6) is 0.514. The Morgan fingerprint density at radius 3 is 2.83 bits per heavy atom. The molecule has 90 valence electrons. The molecule has 3 rings (SSSR count). The van der Waals surface area contributed by atoms with Crippen molar-refractivity contribution in [1.29, 1.82) is 0 Å². The first-order valence-corrected chi connectivity index (χ1v) is 5.61. The molecule has 3 N–H and O–H groups in total. The normalized spacial score (nSPS) is 10.7. The first kappa shape index (κ1) is 10.6. The second-order valence-electron chi connectivity index (χ2n) is 3.93. The molecule has 5 nitrogen and oxygen atoms in total. The Kier molecular flexibility index (Phi) is 2.57. The summed E-state index contributed by atoms with van der Waals surface area (Å²) in [7, 11) is 0. The first-order chi connectivity index (χ1) is 8.81. The summed E-state index contributed by atoms with van der Waals surface area (Å²) in [4.78, 5) is 8.34. The van der Waals surface area contributed by atoms with Crippen molar-refractivity contribution in [1.82, 2.24) is 9.97 Å². The number of hydrogen-bond donors (Lipinski definition) is 2. The maximum absolute atomic E-state index is 5.55. The Morgan fingerprint density at radius 1 is 1.17 bits per heavy atom. The van der Waals surface area contributed by atoms with Gasteiger partial charge in [-0.05, 0) is 23.8 Å². The highest BCUT2D eigenvalue weighted by Crippen LogP contribution is 2.18. The van der Waals surface area contributed by atoms with E-state index in [1.54, 1.807) is 12.3 Å². The summed E-state index contributed by atoms with van der Waals surface area (Å²) in [6, 6.07) is 11.8. The van der Waals surface area contributed by atoms with Crippen LogP contribution in [0.2, 0.25) is 0 Å². The molecule has 0 unspecified atom stereocenters. The van der Waals surface area contributed by atoms with Gasteiger partial charge in [0.15, 0.2) is 5.58 Å². The van der Waals surface area contributed by atoms with Gasteiger partial charge in [0.1, 0.15) is 11.3 Å². The number of nitrogens with one attached hydrogen (secondary N) is 1. The molecule has 18 heavy (non-hydrogen) atoms. The van der Waals surface area contributed by atoms with E-state index in [1.165, 1.54) is 0 Å². The Labute approximate surface area is 104 Å². The maximum Gasteiger partial charge on any atom is 0.295 e. The van der Waals surface area contributed by atoms with Gasteiger partial charge in [0, 0.05) is 12.7 Å². The van der Waals surface area contributed by atoms with Crippen molar-refractivity contribution < 1.29 is 4.42 Å². The molecular weight excluding hydrogens is 228 g/mol. The van der Waals surface area contributed by atoms with Crippen LogP contribution in [0.5, 0.6) is 0 Å². The molecule has 0 fully saturated rings. The van der Waals surface area contributed by atoms with Crippen LogP contribution in [0.4, 0.5) is 11.8 Å². The molecule has 3 aromatic rings. The van der Waals surface area contributed by atoms with E-state index < -0.39 is 0 Å². The lowest BCUT2D eigenvalue weighted by atomic mass is 10.3. The zero-order chi connectivity index (χ0) is 12.4. The summed E-state index contributed by atoms with van der Waals surface area (Å²) in [5.41, 5.74) is 8.16. The molecule has 0 saturated carbocycles. The lowest BCUT2D eigenvalue weighted by molar-refractivity contribution is 0.614. The monoisotopic (exact) mass is 240 g/mol. The smallest absolute Gasteiger partial charge is 0.295 e. The Bertz CT molecular complexity index is 627. The number of fused-ring (bicyclic) bond motifs is 1. The van der Waals surface area contributed by atoms with Gasteiger partial charge < -0.3 is 15.5 Å². The summed E-state index contributed by atoms with van der Waals surface area (Å²) >= 11 is 0. The SMILES string of the molecule is Nc1ccc(CNc2nc3ccccc3o2)cn1. The second-order valence-corrected chi connectivity index (χ2v) is 3.93. The van der Waals surface area contributed by atoms with Crippen LogP contribution in [0.1, 0.15) is 5.56 Å². The van der Waals surface area contributed by atoms with Gasteiger partial charge in [-0.3, -0.25) is 0 Å². The Hall–Kier alpha value is -2.56. The minimum absolute atomic E-state index is 0.507. The quantitative estimate of drug-likeness (QED) is 0.735. The van der Waals surface area contributed by atoms with Crippen LogP contribution in [-0.2, 0) is 6.54 Å². The number of rotatable bonds is 3. The van der Waals surface area contributed by atoms with Gasteiger partial charge >= 0.3 is 0 Å². The summed E-state index contributed by atoms with van der Waals surface area (Å²) < 4.78 is 5.55. The van der Waals surface area contributed by atoms with Gasteiger partial charge in [-0.25, -0.2) is 4.98 Å². The second kappa shape index (κ2) is 4.37. The lowest BCUT2D eigenvalue weighted by Crippen LogP contribution is -2.00. The molecule has 0 atom stereocenters. The van der Waals surface area contributed by atoms with Crippen molar-refractivity contribution in [2.45, 2.75) is 6.54 Å². The summed E-state index contributed by atoms with van der Waals surface area (Å²) in [6.07, 6.45) is 1.73. The van der Waals surface area contributed by atoms with Crippen LogP contribution in [-0.4, -0.2) is 9.97 Å². The predicted molar refractivity (Wildman–Crippen MR) is 70.0 cm³/mol. The van der Waals surface area contributed by atoms with E-state index in [2.05, 4.69) is 15.3 Å². The van der Waals surface area contributed by atoms with Crippen molar-refractivity contribution in [3.63, 3.8) is 0 Å². The van der Waals surface area contributed by atoms with E-state index in [4.69, 9.17) is 10.2 Å². The molecule has 2 heterocycles. The fourth-order valence-electron chi connectivity index (χ4n) is 1.67. The van der Waals surface area contributed by atoms with Gasteiger partial charge in [-0.15, -0.1) is 0 Å². The number of hydrogen-bond acceptors (Lipinski definition) is 5. The van der Waals surface area contributed by atoms with E-state index >= 15 is 0 Å². The van der Waals surface area contributed by atoms with Gasteiger partial charge in [0.25, 0.3) is 6.01 Å². The van der Waals surface area contributed by atoms with Gasteiger partial charge in [0.05, 0.1) is 0 Å². The minimum Gasteiger partial charge on any atom is -0.424 e. The molecule has 0 aliphatic rings. The molecular formula is C13H12N4O. The average molecular weight is 240 g/mol. The Balaban J connectivity index is 1.74. The van der Waals surface area contributed by atoms with E-state index in [-0.39, 0.29) is 0 Å². The molecule has 0 bridgehead atoms. The predicted octanol–water partition coefficient (Wildman–Crippen LogP) is 2.42. The van der Waals surface area contributed by atoms with Crippen LogP contribution < -0.4 is 11.1 Å². The number of oxazole rings is 1. The van der Waals surface area contributed by atoms with Crippen molar-refractivity contribution in [3.8, 4) is 0 Å². The van der Waals surface area contributed by atoms with Gasteiger partial charge in [-0.2, -0.15) is 4.98 Å². The molecule has 0 spiro atoms. The zero-order valence-corrected chi connectivity index (χ0v) is 9.63. The number of para-hydroxylation sites is 2. The number of nitrogens with zero attached hydrogens (tertiary/aromatic N) is 2. The fraction of sp³-hybridized carbons (Fsp3) is 0.0769. The summed E-state index contributed by atoms with van der Waals surface area (Å²) in [6.45, 7) is 0.597. The maximum atomic E-state index is 5.55. The van der Waals surface area contributed by atoms with Crippen molar-refractivity contribution in [3.05, 3.63) is 48.2 Å². The van der Waals surface area contributed by atoms with Crippen molar-refractivity contribution in [2.24, 2.45) is 0 Å². The van der Waals surface area contributed by atoms with E-state index in [0.29, 0.717) is 18.4 Å². The molecule has 0 aliphatic heterocycles. The zero-order valence-electron chi connectivity index (χ0n) is 9.63. The highest BCUT2D eigenvalue weighted by Gasteiger charge is 2.04. The van der Waals surface area contributed by atoms with E-state index in [9.17, 15) is 0 Å². The fourth-order valence-corrected chi connectivity index (χ4v) is 1.67. The van der Waals surface area contributed by atoms with Crippen molar-refractivity contribution in [2.75, 3.05) is 11.1 Å². The molecule has 1 aromatic carbocycles. The van der Waals surface area contributed by atoms with Crippen LogP contribution in [0, 0.1) is 0 Å². The van der Waals surface area contributed by atoms with Gasteiger partial charge in [-0.1, -0.05) is 18.2 Å². The third-order valence-corrected chi connectivity index (χ3v) is 2.59. The third kappa shape index (κ3) is 2.10. The summed E-state index contributed by atoms with van der Waals surface area (Å²) in [5, 5.41) is 3.11. The third-order valence-electron chi connectivity index (χ3n) is 2.59. The molecule has 5 heteroatoms. The minimum atomic E-state index is 0.507. The number of nitrogens with two attached hydrogens (primary N) is 1. The van der Waals surface area contributed by atoms with E-state index in [0.717, 1.165) is 16.7 Å². The van der Waals surface area contributed by atoms with E-state index in [1.807, 2.05) is 30.3 Å². The largest absolute Gasteiger partial charge is 0.424 e. The van der Waals surface area contributed by atoms with Gasteiger partial charge in [0.2, 0.25) is 0 Å². The number of aromatic nitrogens is 2. The average Bonchev–Trinajstić information content (AvgIpc) is 2.81. The van der Waals surface area contributed by atoms with Crippen LogP contribution in [0.25, 0.3) is 11.1 Å². The lowest BCUT2D eigenvalue weighted by Gasteiger charge is -2.01. The molecule has 2 aromatic heterocycles. The number of benzene rings is 1. The van der Waals surface area contributed by atoms with Crippen LogP contribution >= 0.6 is 0 Å². The molecule has 0 saturated heterocycles.